The molecule has 1 aliphatic rings. The Balaban J connectivity index is 1.85. The highest BCUT2D eigenvalue weighted by Gasteiger charge is 2.25. The van der Waals surface area contributed by atoms with Crippen LogP contribution in [-0.4, -0.2) is 13.1 Å². The third kappa shape index (κ3) is 2.97. The number of nitrogens with one attached hydrogen (secondary N) is 1. The summed E-state index contributed by atoms with van der Waals surface area (Å²) in [5.41, 5.74) is 1.35. The summed E-state index contributed by atoms with van der Waals surface area (Å²) in [6.07, 6.45) is 6.80. The van der Waals surface area contributed by atoms with Crippen molar-refractivity contribution in [3.63, 3.8) is 0 Å². The Morgan fingerprint density at radius 1 is 0.950 bits per heavy atom. The van der Waals surface area contributed by atoms with Crippen molar-refractivity contribution in [2.45, 2.75) is 44.1 Å². The number of benzene rings is 1. The fourth-order valence-electron chi connectivity index (χ4n) is 3.30. The first-order chi connectivity index (χ1) is 9.88. The highest BCUT2D eigenvalue weighted by atomic mass is 32.1. The Morgan fingerprint density at radius 2 is 1.75 bits per heavy atom. The summed E-state index contributed by atoms with van der Waals surface area (Å²) in [5, 5.41) is 3.55. The van der Waals surface area contributed by atoms with Crippen LogP contribution in [0.4, 0.5) is 0 Å². The molecule has 2 unspecified atom stereocenters. The highest BCUT2D eigenvalue weighted by molar-refractivity contribution is 7.15. The summed E-state index contributed by atoms with van der Waals surface area (Å²) in [6, 6.07) is 16.0. The van der Waals surface area contributed by atoms with Crippen LogP contribution < -0.4 is 5.32 Å². The molecular formula is C18H23NS. The van der Waals surface area contributed by atoms with Gasteiger partial charge in [0.1, 0.15) is 0 Å². The summed E-state index contributed by atoms with van der Waals surface area (Å²) in [6.45, 7) is 0. The normalized spacial score (nSPS) is 23.4. The van der Waals surface area contributed by atoms with Crippen LogP contribution >= 0.6 is 11.3 Å². The molecule has 1 fully saturated rings. The number of likely N-dealkylation sites (N-methyl/N-ethyl adjacent to an activating group) is 1. The highest BCUT2D eigenvalue weighted by Crippen LogP contribution is 2.38. The topological polar surface area (TPSA) is 12.0 Å². The van der Waals surface area contributed by atoms with E-state index in [1.807, 2.05) is 11.3 Å². The number of thiophene rings is 1. The van der Waals surface area contributed by atoms with Crippen molar-refractivity contribution in [2.24, 2.45) is 0 Å². The maximum Gasteiger partial charge on any atom is 0.0345 e. The Labute approximate surface area is 126 Å². The van der Waals surface area contributed by atoms with Gasteiger partial charge in [0, 0.05) is 21.7 Å². The lowest BCUT2D eigenvalue weighted by molar-refractivity contribution is 0.444. The third-order valence-electron chi connectivity index (χ3n) is 4.44. The molecule has 0 saturated heterocycles. The molecule has 0 aliphatic heterocycles. The molecule has 106 valence electrons. The van der Waals surface area contributed by atoms with Crippen LogP contribution in [0.1, 0.15) is 42.9 Å². The van der Waals surface area contributed by atoms with Gasteiger partial charge in [0.2, 0.25) is 0 Å². The maximum atomic E-state index is 3.55. The van der Waals surface area contributed by atoms with Gasteiger partial charge in [-0.3, -0.25) is 0 Å². The lowest BCUT2D eigenvalue weighted by atomic mass is 9.93. The second-order valence-corrected chi connectivity index (χ2v) is 6.82. The van der Waals surface area contributed by atoms with Gasteiger partial charge >= 0.3 is 0 Å². The van der Waals surface area contributed by atoms with Gasteiger partial charge in [-0.1, -0.05) is 49.6 Å². The fourth-order valence-corrected chi connectivity index (χ4v) is 4.52. The molecule has 1 aromatic heterocycles. The van der Waals surface area contributed by atoms with Crippen molar-refractivity contribution in [2.75, 3.05) is 7.05 Å². The zero-order valence-electron chi connectivity index (χ0n) is 12.1. The van der Waals surface area contributed by atoms with E-state index in [1.54, 1.807) is 4.88 Å². The van der Waals surface area contributed by atoms with Crippen molar-refractivity contribution >= 4 is 11.3 Å². The maximum absolute atomic E-state index is 3.55. The summed E-state index contributed by atoms with van der Waals surface area (Å²) in [4.78, 5) is 2.96. The molecule has 0 bridgehead atoms. The molecule has 0 spiro atoms. The standard InChI is InChI=1S/C18H23NS/c1-19-16-11-7-3-6-10-15(16)18-13-12-17(20-18)14-8-4-2-5-9-14/h2,4-5,8-9,12-13,15-16,19H,3,6-7,10-11H2,1H3. The van der Waals surface area contributed by atoms with Gasteiger partial charge < -0.3 is 5.32 Å². The molecule has 1 heterocycles. The Bertz CT molecular complexity index is 531. The van der Waals surface area contributed by atoms with E-state index in [4.69, 9.17) is 0 Å². The molecular weight excluding hydrogens is 262 g/mol. The van der Waals surface area contributed by atoms with E-state index in [0.717, 1.165) is 0 Å². The largest absolute Gasteiger partial charge is 0.316 e. The summed E-state index contributed by atoms with van der Waals surface area (Å²) >= 11 is 1.98. The van der Waals surface area contributed by atoms with Crippen LogP contribution in [0.15, 0.2) is 42.5 Å². The van der Waals surface area contributed by atoms with Crippen LogP contribution in [0.5, 0.6) is 0 Å². The molecule has 1 aromatic carbocycles. The van der Waals surface area contributed by atoms with Crippen molar-refractivity contribution in [1.29, 1.82) is 0 Å². The molecule has 1 saturated carbocycles. The summed E-state index contributed by atoms with van der Waals surface area (Å²) in [7, 11) is 2.12. The second kappa shape index (κ2) is 6.55. The van der Waals surface area contributed by atoms with Crippen LogP contribution in [0.2, 0.25) is 0 Å². The molecule has 2 heteroatoms. The molecule has 0 radical (unpaired) electrons. The van der Waals surface area contributed by atoms with Gasteiger partial charge in [-0.05, 0) is 37.6 Å². The first-order valence-corrected chi connectivity index (χ1v) is 8.52. The van der Waals surface area contributed by atoms with Crippen LogP contribution in [0, 0.1) is 0 Å². The van der Waals surface area contributed by atoms with E-state index in [9.17, 15) is 0 Å². The lowest BCUT2D eigenvalue weighted by Crippen LogP contribution is -2.30. The Morgan fingerprint density at radius 3 is 2.55 bits per heavy atom. The van der Waals surface area contributed by atoms with Crippen LogP contribution in [-0.2, 0) is 0 Å². The first kappa shape index (κ1) is 13.8. The van der Waals surface area contributed by atoms with Crippen molar-refractivity contribution in [3.8, 4) is 10.4 Å². The SMILES string of the molecule is CNC1CCCCCC1c1ccc(-c2ccccc2)s1. The predicted octanol–water partition coefficient (Wildman–Crippen LogP) is 5.05. The molecule has 1 nitrogen and oxygen atoms in total. The molecule has 0 amide bonds. The number of hydrogen-bond acceptors (Lipinski definition) is 2. The van der Waals surface area contributed by atoms with Gasteiger partial charge in [-0.15, -0.1) is 11.3 Å². The quantitative estimate of drug-likeness (QED) is 0.778. The van der Waals surface area contributed by atoms with E-state index in [-0.39, 0.29) is 0 Å². The lowest BCUT2D eigenvalue weighted by Gasteiger charge is -2.23. The molecule has 20 heavy (non-hydrogen) atoms. The van der Waals surface area contributed by atoms with Crippen molar-refractivity contribution < 1.29 is 0 Å². The minimum absolute atomic E-state index is 0.653. The zero-order chi connectivity index (χ0) is 13.8. The van der Waals surface area contributed by atoms with Gasteiger partial charge in [-0.2, -0.15) is 0 Å². The average molecular weight is 285 g/mol. The van der Waals surface area contributed by atoms with Gasteiger partial charge in [-0.25, -0.2) is 0 Å². The van der Waals surface area contributed by atoms with E-state index in [2.05, 4.69) is 54.8 Å². The smallest absolute Gasteiger partial charge is 0.0345 e. The van der Waals surface area contributed by atoms with Crippen molar-refractivity contribution in [3.05, 3.63) is 47.3 Å². The molecule has 1 aliphatic carbocycles. The van der Waals surface area contributed by atoms with Crippen molar-refractivity contribution in [1.82, 2.24) is 5.32 Å². The average Bonchev–Trinajstić information content (AvgIpc) is 2.87. The molecule has 2 aromatic rings. The van der Waals surface area contributed by atoms with Crippen LogP contribution in [0.25, 0.3) is 10.4 Å². The van der Waals surface area contributed by atoms with E-state index in [1.165, 1.54) is 42.5 Å². The Hall–Kier alpha value is -1.12. The molecule has 1 N–H and O–H groups in total. The molecule has 3 rings (SSSR count). The van der Waals surface area contributed by atoms with Gasteiger partial charge in [0.05, 0.1) is 0 Å². The second-order valence-electron chi connectivity index (χ2n) is 5.71. The monoisotopic (exact) mass is 285 g/mol. The molecule has 2 atom stereocenters. The van der Waals surface area contributed by atoms with Gasteiger partial charge in [0.25, 0.3) is 0 Å². The fraction of sp³-hybridized carbons (Fsp3) is 0.444. The predicted molar refractivity (Wildman–Crippen MR) is 88.4 cm³/mol. The van der Waals surface area contributed by atoms with E-state index in [0.29, 0.717) is 12.0 Å². The third-order valence-corrected chi connectivity index (χ3v) is 5.70. The first-order valence-electron chi connectivity index (χ1n) is 7.71. The minimum Gasteiger partial charge on any atom is -0.316 e. The number of rotatable bonds is 3. The van der Waals surface area contributed by atoms with E-state index >= 15 is 0 Å². The van der Waals surface area contributed by atoms with Crippen LogP contribution in [0.3, 0.4) is 0 Å². The zero-order valence-corrected chi connectivity index (χ0v) is 13.0. The summed E-state index contributed by atoms with van der Waals surface area (Å²) < 4.78 is 0. The number of hydrogen-bond donors (Lipinski definition) is 1. The summed E-state index contributed by atoms with van der Waals surface area (Å²) in [5.74, 6) is 0.699. The Kier molecular flexibility index (Phi) is 4.54. The minimum atomic E-state index is 0.653. The van der Waals surface area contributed by atoms with E-state index < -0.39 is 0 Å². The van der Waals surface area contributed by atoms with Gasteiger partial charge in [0.15, 0.2) is 0 Å².